The van der Waals surface area contributed by atoms with Crippen LogP contribution in [0, 0.1) is 11.8 Å². The van der Waals surface area contributed by atoms with Gasteiger partial charge in [-0.2, -0.15) is 0 Å². The summed E-state index contributed by atoms with van der Waals surface area (Å²) in [4.78, 5) is 0.133. The molecule has 1 aromatic rings. The molecule has 2 rings (SSSR count). The predicted molar refractivity (Wildman–Crippen MR) is 95.1 cm³/mol. The quantitative estimate of drug-likeness (QED) is 0.812. The molecule has 0 aliphatic heterocycles. The first-order chi connectivity index (χ1) is 11.4. The lowest BCUT2D eigenvalue weighted by atomic mass is 9.78. The third-order valence-corrected chi connectivity index (χ3v) is 6.74. The average molecular weight is 356 g/mol. The van der Waals surface area contributed by atoms with Gasteiger partial charge in [0.1, 0.15) is 16.4 Å². The van der Waals surface area contributed by atoms with Crippen LogP contribution in [0.3, 0.4) is 0 Å². The zero-order valence-electron chi connectivity index (χ0n) is 15.0. The highest BCUT2D eigenvalue weighted by Crippen LogP contribution is 2.33. The van der Waals surface area contributed by atoms with Crippen LogP contribution in [0.1, 0.15) is 46.0 Å². The molecule has 1 fully saturated rings. The number of methoxy groups -OCH3 is 2. The molecule has 0 amide bonds. The number of ether oxygens (including phenoxy) is 2. The Morgan fingerprint density at radius 2 is 1.83 bits per heavy atom. The van der Waals surface area contributed by atoms with Crippen LogP contribution in [0.25, 0.3) is 0 Å². The normalized spacial score (nSPS) is 22.8. The summed E-state index contributed by atoms with van der Waals surface area (Å²) in [5, 5.41) is 0. The van der Waals surface area contributed by atoms with Crippen molar-refractivity contribution in [3.05, 3.63) is 18.2 Å². The fraction of sp³-hybridized carbons (Fsp3) is 0.667. The van der Waals surface area contributed by atoms with Crippen molar-refractivity contribution in [2.45, 2.75) is 56.9 Å². The standard InChI is InChI=1S/C18H29NO4S/c1-5-13(2)14-6-8-15(9-7-14)19-24(20,21)18-12-16(22-3)10-11-17(18)23-4/h10-15,19H,5-9H2,1-4H3/t13-,14?,15?/m1/s1. The van der Waals surface area contributed by atoms with Crippen molar-refractivity contribution in [3.8, 4) is 11.5 Å². The van der Waals surface area contributed by atoms with E-state index in [4.69, 9.17) is 9.47 Å². The van der Waals surface area contributed by atoms with Gasteiger partial charge >= 0.3 is 0 Å². The van der Waals surface area contributed by atoms with Crippen LogP contribution in [0.2, 0.25) is 0 Å². The molecular formula is C18H29NO4S. The first-order valence-corrected chi connectivity index (χ1v) is 10.1. The first kappa shape index (κ1) is 19.1. The number of hydrogen-bond acceptors (Lipinski definition) is 4. The van der Waals surface area contributed by atoms with Crippen LogP contribution < -0.4 is 14.2 Å². The van der Waals surface area contributed by atoms with Gasteiger partial charge in [-0.3, -0.25) is 0 Å². The largest absolute Gasteiger partial charge is 0.497 e. The third-order valence-electron chi connectivity index (χ3n) is 5.20. The molecule has 0 spiro atoms. The average Bonchev–Trinajstić information content (AvgIpc) is 2.60. The van der Waals surface area contributed by atoms with Crippen molar-refractivity contribution >= 4 is 10.0 Å². The van der Waals surface area contributed by atoms with Crippen molar-refractivity contribution in [2.24, 2.45) is 11.8 Å². The Morgan fingerprint density at radius 3 is 2.38 bits per heavy atom. The third kappa shape index (κ3) is 4.42. The van der Waals surface area contributed by atoms with Crippen molar-refractivity contribution in [3.63, 3.8) is 0 Å². The molecule has 0 radical (unpaired) electrons. The molecule has 1 atom stereocenters. The fourth-order valence-electron chi connectivity index (χ4n) is 3.42. The molecule has 1 saturated carbocycles. The number of sulfonamides is 1. The van der Waals surface area contributed by atoms with Crippen molar-refractivity contribution in [1.82, 2.24) is 4.72 Å². The number of nitrogens with one attached hydrogen (secondary N) is 1. The van der Waals surface area contributed by atoms with E-state index in [1.807, 2.05) is 0 Å². The Labute approximate surface area is 145 Å². The van der Waals surface area contributed by atoms with E-state index in [2.05, 4.69) is 18.6 Å². The number of hydrogen-bond donors (Lipinski definition) is 1. The maximum Gasteiger partial charge on any atom is 0.244 e. The summed E-state index contributed by atoms with van der Waals surface area (Å²) in [6.45, 7) is 4.50. The monoisotopic (exact) mass is 355 g/mol. The zero-order chi connectivity index (χ0) is 17.7. The molecule has 0 heterocycles. The molecular weight excluding hydrogens is 326 g/mol. The van der Waals surface area contributed by atoms with Crippen LogP contribution in [-0.2, 0) is 10.0 Å². The van der Waals surface area contributed by atoms with E-state index >= 15 is 0 Å². The molecule has 0 aromatic heterocycles. The van der Waals surface area contributed by atoms with Crippen LogP contribution >= 0.6 is 0 Å². The lowest BCUT2D eigenvalue weighted by Crippen LogP contribution is -2.38. The maximum atomic E-state index is 12.8. The second-order valence-corrected chi connectivity index (χ2v) is 8.32. The van der Waals surface area contributed by atoms with E-state index in [9.17, 15) is 8.42 Å². The summed E-state index contributed by atoms with van der Waals surface area (Å²) in [6, 6.07) is 4.81. The van der Waals surface area contributed by atoms with Gasteiger partial charge in [0.15, 0.2) is 0 Å². The molecule has 1 aromatic carbocycles. The fourth-order valence-corrected chi connectivity index (χ4v) is 4.91. The van der Waals surface area contributed by atoms with Gasteiger partial charge in [0.2, 0.25) is 10.0 Å². The van der Waals surface area contributed by atoms with Crippen molar-refractivity contribution in [1.29, 1.82) is 0 Å². The van der Waals surface area contributed by atoms with Crippen molar-refractivity contribution in [2.75, 3.05) is 14.2 Å². The molecule has 5 nitrogen and oxygen atoms in total. The Hall–Kier alpha value is -1.27. The second kappa shape index (κ2) is 8.21. The van der Waals surface area contributed by atoms with Crippen LogP contribution in [0.4, 0.5) is 0 Å². The van der Waals surface area contributed by atoms with Crippen LogP contribution in [-0.4, -0.2) is 28.7 Å². The molecule has 0 unspecified atom stereocenters. The number of benzene rings is 1. The number of rotatable bonds is 7. The molecule has 1 aliphatic carbocycles. The van der Waals surface area contributed by atoms with Gasteiger partial charge in [0.05, 0.1) is 14.2 Å². The predicted octanol–water partition coefficient (Wildman–Crippen LogP) is 3.59. The highest BCUT2D eigenvalue weighted by atomic mass is 32.2. The maximum absolute atomic E-state index is 12.8. The van der Waals surface area contributed by atoms with E-state index in [1.54, 1.807) is 12.1 Å². The van der Waals surface area contributed by atoms with E-state index in [-0.39, 0.29) is 10.9 Å². The summed E-state index contributed by atoms with van der Waals surface area (Å²) in [5.41, 5.74) is 0. The Balaban J connectivity index is 2.10. The van der Waals surface area contributed by atoms with Gasteiger partial charge < -0.3 is 9.47 Å². The highest BCUT2D eigenvalue weighted by molar-refractivity contribution is 7.89. The van der Waals surface area contributed by atoms with Gasteiger partial charge in [0, 0.05) is 12.1 Å². The summed E-state index contributed by atoms with van der Waals surface area (Å²) in [7, 11) is -0.647. The lowest BCUT2D eigenvalue weighted by molar-refractivity contribution is 0.235. The summed E-state index contributed by atoms with van der Waals surface area (Å²) in [5.74, 6) is 2.25. The molecule has 1 aliphatic rings. The van der Waals surface area contributed by atoms with E-state index < -0.39 is 10.0 Å². The second-order valence-electron chi connectivity index (χ2n) is 6.64. The molecule has 0 saturated heterocycles. The van der Waals surface area contributed by atoms with Crippen molar-refractivity contribution < 1.29 is 17.9 Å². The Morgan fingerprint density at radius 1 is 1.17 bits per heavy atom. The summed E-state index contributed by atoms with van der Waals surface area (Å²) < 4.78 is 38.8. The van der Waals surface area contributed by atoms with Gasteiger partial charge in [-0.1, -0.05) is 20.3 Å². The van der Waals surface area contributed by atoms with Gasteiger partial charge in [-0.25, -0.2) is 13.1 Å². The SMILES string of the molecule is CC[C@@H](C)C1CCC(NS(=O)(=O)c2cc(OC)ccc2OC)CC1. The molecule has 0 bridgehead atoms. The highest BCUT2D eigenvalue weighted by Gasteiger charge is 2.29. The van der Waals surface area contributed by atoms with E-state index in [0.717, 1.165) is 25.7 Å². The molecule has 6 heteroatoms. The topological polar surface area (TPSA) is 64.6 Å². The lowest BCUT2D eigenvalue weighted by Gasteiger charge is -2.32. The van der Waals surface area contributed by atoms with Gasteiger partial charge in [-0.15, -0.1) is 0 Å². The Kier molecular flexibility index (Phi) is 6.52. The minimum Gasteiger partial charge on any atom is -0.497 e. The Bertz CT molecular complexity index is 636. The minimum atomic E-state index is -3.63. The van der Waals surface area contributed by atoms with Crippen LogP contribution in [0.5, 0.6) is 11.5 Å². The van der Waals surface area contributed by atoms with Gasteiger partial charge in [0.25, 0.3) is 0 Å². The smallest absolute Gasteiger partial charge is 0.244 e. The molecule has 24 heavy (non-hydrogen) atoms. The van der Waals surface area contributed by atoms with Crippen LogP contribution in [0.15, 0.2) is 23.1 Å². The summed E-state index contributed by atoms with van der Waals surface area (Å²) in [6.07, 6.45) is 5.12. The summed E-state index contributed by atoms with van der Waals surface area (Å²) >= 11 is 0. The molecule has 1 N–H and O–H groups in total. The zero-order valence-corrected chi connectivity index (χ0v) is 15.9. The molecule has 136 valence electrons. The first-order valence-electron chi connectivity index (χ1n) is 8.65. The van der Waals surface area contributed by atoms with E-state index in [0.29, 0.717) is 23.3 Å². The van der Waals surface area contributed by atoms with Gasteiger partial charge in [-0.05, 0) is 49.7 Å². The minimum absolute atomic E-state index is 0.00814. The van der Waals surface area contributed by atoms with E-state index in [1.165, 1.54) is 26.7 Å².